The summed E-state index contributed by atoms with van der Waals surface area (Å²) >= 11 is 0.987. The molecule has 0 fully saturated rings. The van der Waals surface area contributed by atoms with E-state index in [0.29, 0.717) is 29.2 Å². The van der Waals surface area contributed by atoms with Crippen molar-refractivity contribution in [3.63, 3.8) is 0 Å². The van der Waals surface area contributed by atoms with Crippen molar-refractivity contribution in [2.75, 3.05) is 18.4 Å². The lowest BCUT2D eigenvalue weighted by atomic mass is 10.3. The van der Waals surface area contributed by atoms with Gasteiger partial charge in [-0.05, 0) is 36.4 Å². The second kappa shape index (κ2) is 7.39. The van der Waals surface area contributed by atoms with E-state index >= 15 is 0 Å². The number of hydrogen-bond acceptors (Lipinski definition) is 8. The maximum absolute atomic E-state index is 12.5. The van der Waals surface area contributed by atoms with Gasteiger partial charge in [0.25, 0.3) is 0 Å². The highest BCUT2D eigenvalue weighted by atomic mass is 32.2. The molecule has 4 aromatic rings. The smallest absolute Gasteiger partial charge is 0.242 e. The monoisotopic (exact) mass is 401 g/mol. The minimum atomic E-state index is -3.67. The lowest BCUT2D eigenvalue weighted by molar-refractivity contribution is 0.583. The van der Waals surface area contributed by atoms with Crippen molar-refractivity contribution in [3.8, 4) is 5.82 Å². The number of anilines is 1. The van der Waals surface area contributed by atoms with E-state index in [1.54, 1.807) is 18.2 Å². The fourth-order valence-corrected chi connectivity index (χ4v) is 4.29. The Hall–Kier alpha value is -2.89. The average Bonchev–Trinajstić information content (AvgIpc) is 3.37. The van der Waals surface area contributed by atoms with Crippen molar-refractivity contribution in [1.29, 1.82) is 0 Å². The molecule has 0 aliphatic rings. The fraction of sp³-hybridized carbons (Fsp3) is 0.125. The summed E-state index contributed by atoms with van der Waals surface area (Å²) in [6, 6.07) is 12.3. The number of rotatable bonds is 7. The topological polar surface area (TPSA) is 115 Å². The molecule has 4 rings (SSSR count). The van der Waals surface area contributed by atoms with Gasteiger partial charge in [0.1, 0.15) is 21.7 Å². The lowest BCUT2D eigenvalue weighted by Gasteiger charge is -2.09. The molecule has 0 aliphatic carbocycles. The molecule has 0 amide bonds. The van der Waals surface area contributed by atoms with Crippen LogP contribution in [0, 0.1) is 0 Å². The van der Waals surface area contributed by atoms with Gasteiger partial charge in [0, 0.05) is 25.5 Å². The standard InChI is InChI=1S/C16H15N7O2S2/c24-27(25,13-5-3-4-12-16(13)22-26-21-12)18-9-8-17-14-6-7-15(20-19-14)23-10-1-2-11-23/h1-7,10-11,18H,8-9H2,(H,17,19). The second-order valence-corrected chi connectivity index (χ2v) is 7.84. The third-order valence-electron chi connectivity index (χ3n) is 3.78. The Morgan fingerprint density at radius 3 is 2.59 bits per heavy atom. The van der Waals surface area contributed by atoms with Crippen molar-refractivity contribution in [2.45, 2.75) is 4.90 Å². The second-order valence-electron chi connectivity index (χ2n) is 5.58. The molecule has 0 bridgehead atoms. The number of benzene rings is 1. The summed E-state index contributed by atoms with van der Waals surface area (Å²) < 4.78 is 37.5. The van der Waals surface area contributed by atoms with Crippen LogP contribution in [-0.4, -0.2) is 45.0 Å². The van der Waals surface area contributed by atoms with E-state index in [2.05, 4.69) is 29.0 Å². The number of hydrogen-bond donors (Lipinski definition) is 2. The Balaban J connectivity index is 1.35. The molecule has 11 heteroatoms. The minimum Gasteiger partial charge on any atom is -0.367 e. The Bertz CT molecular complexity index is 1140. The van der Waals surface area contributed by atoms with Gasteiger partial charge >= 0.3 is 0 Å². The Kier molecular flexibility index (Phi) is 4.79. The number of nitrogens with one attached hydrogen (secondary N) is 2. The average molecular weight is 401 g/mol. The van der Waals surface area contributed by atoms with E-state index in [4.69, 9.17) is 0 Å². The van der Waals surface area contributed by atoms with Gasteiger partial charge in [-0.2, -0.15) is 8.75 Å². The highest BCUT2D eigenvalue weighted by Crippen LogP contribution is 2.20. The van der Waals surface area contributed by atoms with Crippen LogP contribution >= 0.6 is 11.7 Å². The number of fused-ring (bicyclic) bond motifs is 1. The zero-order valence-electron chi connectivity index (χ0n) is 14.0. The Morgan fingerprint density at radius 1 is 0.963 bits per heavy atom. The van der Waals surface area contributed by atoms with E-state index in [1.165, 1.54) is 6.07 Å². The molecule has 138 valence electrons. The zero-order chi connectivity index (χ0) is 18.7. The summed E-state index contributed by atoms with van der Waals surface area (Å²) in [5.74, 6) is 1.27. The van der Waals surface area contributed by atoms with Crippen LogP contribution in [0.1, 0.15) is 0 Å². The van der Waals surface area contributed by atoms with Gasteiger partial charge in [-0.1, -0.05) is 6.07 Å². The maximum atomic E-state index is 12.5. The van der Waals surface area contributed by atoms with Crippen molar-refractivity contribution in [1.82, 2.24) is 28.2 Å². The molecule has 3 heterocycles. The molecule has 0 saturated carbocycles. The first-order chi connectivity index (χ1) is 13.1. The fourth-order valence-electron chi connectivity index (χ4n) is 2.50. The molecular weight excluding hydrogens is 386 g/mol. The van der Waals surface area contributed by atoms with E-state index in [9.17, 15) is 8.42 Å². The number of sulfonamides is 1. The van der Waals surface area contributed by atoms with Crippen LogP contribution in [0.25, 0.3) is 16.9 Å². The lowest BCUT2D eigenvalue weighted by Crippen LogP contribution is -2.29. The van der Waals surface area contributed by atoms with E-state index in [0.717, 1.165) is 11.7 Å². The molecule has 0 atom stereocenters. The largest absolute Gasteiger partial charge is 0.367 e. The SMILES string of the molecule is O=S(=O)(NCCNc1ccc(-n2cccc2)nn1)c1cccc2nsnc12. The quantitative estimate of drug-likeness (QED) is 0.453. The summed E-state index contributed by atoms with van der Waals surface area (Å²) in [7, 11) is -3.67. The molecule has 27 heavy (non-hydrogen) atoms. The molecule has 0 radical (unpaired) electrons. The van der Waals surface area contributed by atoms with Crippen LogP contribution in [0.4, 0.5) is 5.82 Å². The van der Waals surface area contributed by atoms with E-state index in [-0.39, 0.29) is 11.4 Å². The predicted molar refractivity (Wildman–Crippen MR) is 102 cm³/mol. The molecule has 0 unspecified atom stereocenters. The Morgan fingerprint density at radius 2 is 1.81 bits per heavy atom. The van der Waals surface area contributed by atoms with Crippen LogP contribution in [0.3, 0.4) is 0 Å². The van der Waals surface area contributed by atoms with Gasteiger partial charge in [0.05, 0.1) is 11.7 Å². The minimum absolute atomic E-state index is 0.129. The Labute approximate surface area is 159 Å². The van der Waals surface area contributed by atoms with Crippen molar-refractivity contribution in [3.05, 3.63) is 54.9 Å². The van der Waals surface area contributed by atoms with Crippen LogP contribution in [-0.2, 0) is 10.0 Å². The van der Waals surface area contributed by atoms with Gasteiger partial charge in [0.2, 0.25) is 10.0 Å². The maximum Gasteiger partial charge on any atom is 0.242 e. The van der Waals surface area contributed by atoms with E-state index < -0.39 is 10.0 Å². The molecule has 9 nitrogen and oxygen atoms in total. The molecule has 0 aliphatic heterocycles. The van der Waals surface area contributed by atoms with Crippen molar-refractivity contribution in [2.24, 2.45) is 0 Å². The summed E-state index contributed by atoms with van der Waals surface area (Å²) in [5.41, 5.74) is 0.952. The molecule has 3 aromatic heterocycles. The first kappa shape index (κ1) is 17.5. The van der Waals surface area contributed by atoms with Gasteiger partial charge in [-0.25, -0.2) is 13.1 Å². The summed E-state index contributed by atoms with van der Waals surface area (Å²) in [4.78, 5) is 0.129. The first-order valence-electron chi connectivity index (χ1n) is 8.05. The third kappa shape index (κ3) is 3.79. The summed E-state index contributed by atoms with van der Waals surface area (Å²) in [6.45, 7) is 0.555. The van der Waals surface area contributed by atoms with Gasteiger partial charge < -0.3 is 9.88 Å². The summed E-state index contributed by atoms with van der Waals surface area (Å²) in [6.07, 6.45) is 3.76. The normalized spacial score (nSPS) is 11.7. The molecule has 2 N–H and O–H groups in total. The highest BCUT2D eigenvalue weighted by Gasteiger charge is 2.18. The van der Waals surface area contributed by atoms with Gasteiger partial charge in [-0.3, -0.25) is 0 Å². The van der Waals surface area contributed by atoms with Crippen LogP contribution < -0.4 is 10.0 Å². The van der Waals surface area contributed by atoms with Crippen molar-refractivity contribution < 1.29 is 8.42 Å². The van der Waals surface area contributed by atoms with Crippen LogP contribution in [0.15, 0.2) is 59.8 Å². The van der Waals surface area contributed by atoms with Crippen LogP contribution in [0.2, 0.25) is 0 Å². The molecule has 0 spiro atoms. The predicted octanol–water partition coefficient (Wildman–Crippen LogP) is 1.66. The zero-order valence-corrected chi connectivity index (χ0v) is 15.6. The highest BCUT2D eigenvalue weighted by molar-refractivity contribution is 7.89. The summed E-state index contributed by atoms with van der Waals surface area (Å²) in [5, 5.41) is 11.2. The van der Waals surface area contributed by atoms with Gasteiger partial charge in [-0.15, -0.1) is 10.2 Å². The molecule has 1 aromatic carbocycles. The van der Waals surface area contributed by atoms with Crippen molar-refractivity contribution >= 4 is 38.6 Å². The van der Waals surface area contributed by atoms with Crippen LogP contribution in [0.5, 0.6) is 0 Å². The number of nitrogens with zero attached hydrogens (tertiary/aromatic N) is 5. The van der Waals surface area contributed by atoms with Gasteiger partial charge in [0.15, 0.2) is 5.82 Å². The molecular formula is C16H15N7O2S2. The number of aromatic nitrogens is 5. The first-order valence-corrected chi connectivity index (χ1v) is 10.3. The molecule has 0 saturated heterocycles. The third-order valence-corrected chi connectivity index (χ3v) is 5.82. The van der Waals surface area contributed by atoms with E-state index in [1.807, 2.05) is 35.2 Å².